The molecule has 8 heteroatoms. The number of nitrogens with one attached hydrogen (secondary N) is 1. The molecule has 0 saturated carbocycles. The molecule has 29 heavy (non-hydrogen) atoms. The molecule has 3 aliphatic heterocycles. The Morgan fingerprint density at radius 3 is 2.62 bits per heavy atom. The van der Waals surface area contributed by atoms with E-state index in [4.69, 9.17) is 0 Å². The van der Waals surface area contributed by atoms with Gasteiger partial charge in [-0.1, -0.05) is 6.07 Å². The standard InChI is InChI=1S/C21H26N6O2/c1-15-22-20(29)21(24-15)7-12-25(13-8-21)14-16-18(19(28)26-9-4-5-10-26)23-17-6-2-3-11-27(16)17/h2-3,6,11H,4-5,7-10,12-14H2,1H3,(H,22,24,29). The third kappa shape index (κ3) is 3.11. The zero-order chi connectivity index (χ0) is 20.0. The molecule has 0 aromatic carbocycles. The van der Waals surface area contributed by atoms with Gasteiger partial charge in [0, 0.05) is 38.9 Å². The van der Waals surface area contributed by atoms with Gasteiger partial charge in [0.25, 0.3) is 11.8 Å². The van der Waals surface area contributed by atoms with Gasteiger partial charge in [0.1, 0.15) is 17.0 Å². The maximum absolute atomic E-state index is 13.1. The summed E-state index contributed by atoms with van der Waals surface area (Å²) < 4.78 is 2.03. The number of pyridine rings is 1. The van der Waals surface area contributed by atoms with Crippen LogP contribution in [0.3, 0.4) is 0 Å². The SMILES string of the molecule is CC1=NC2(CCN(Cc3c(C(=O)N4CCCC4)nc4ccccn34)CC2)C(=O)N1. The largest absolute Gasteiger partial charge is 0.337 e. The second kappa shape index (κ2) is 6.95. The lowest BCUT2D eigenvalue weighted by Gasteiger charge is -2.35. The summed E-state index contributed by atoms with van der Waals surface area (Å²) in [6, 6.07) is 5.85. The van der Waals surface area contributed by atoms with Crippen molar-refractivity contribution in [3.05, 3.63) is 35.8 Å². The van der Waals surface area contributed by atoms with E-state index in [1.54, 1.807) is 0 Å². The number of likely N-dealkylation sites (tertiary alicyclic amines) is 2. The van der Waals surface area contributed by atoms with Crippen LogP contribution in [0, 0.1) is 0 Å². The predicted octanol–water partition coefficient (Wildman–Crippen LogP) is 1.45. The molecule has 2 saturated heterocycles. The van der Waals surface area contributed by atoms with Crippen LogP contribution in [0.15, 0.2) is 29.4 Å². The number of carbonyl (C=O) groups is 2. The van der Waals surface area contributed by atoms with E-state index in [9.17, 15) is 9.59 Å². The smallest absolute Gasteiger partial charge is 0.274 e. The van der Waals surface area contributed by atoms with Crippen molar-refractivity contribution < 1.29 is 9.59 Å². The Bertz CT molecular complexity index is 996. The fraction of sp³-hybridized carbons (Fsp3) is 0.524. The number of hydrogen-bond acceptors (Lipinski definition) is 5. The first-order chi connectivity index (χ1) is 14.1. The van der Waals surface area contributed by atoms with Gasteiger partial charge in [0.05, 0.1) is 5.69 Å². The van der Waals surface area contributed by atoms with E-state index in [0.29, 0.717) is 30.9 Å². The zero-order valence-electron chi connectivity index (χ0n) is 16.7. The highest BCUT2D eigenvalue weighted by Crippen LogP contribution is 2.31. The van der Waals surface area contributed by atoms with Crippen LogP contribution in [0.4, 0.5) is 0 Å². The summed E-state index contributed by atoms with van der Waals surface area (Å²) in [4.78, 5) is 38.9. The number of carbonyl (C=O) groups excluding carboxylic acids is 2. The predicted molar refractivity (Wildman–Crippen MR) is 109 cm³/mol. The molecule has 0 aliphatic carbocycles. The van der Waals surface area contributed by atoms with E-state index < -0.39 is 5.54 Å². The van der Waals surface area contributed by atoms with Gasteiger partial charge < -0.3 is 14.6 Å². The molecule has 0 bridgehead atoms. The molecule has 1 N–H and O–H groups in total. The molecule has 2 aromatic heterocycles. The van der Waals surface area contributed by atoms with Crippen LogP contribution in [0.5, 0.6) is 0 Å². The summed E-state index contributed by atoms with van der Waals surface area (Å²) in [7, 11) is 0. The lowest BCUT2D eigenvalue weighted by Crippen LogP contribution is -2.48. The van der Waals surface area contributed by atoms with Gasteiger partial charge in [-0.3, -0.25) is 19.5 Å². The average molecular weight is 394 g/mol. The van der Waals surface area contributed by atoms with E-state index in [0.717, 1.165) is 50.4 Å². The number of nitrogens with zero attached hydrogens (tertiary/aromatic N) is 5. The van der Waals surface area contributed by atoms with Gasteiger partial charge in [-0.25, -0.2) is 4.98 Å². The maximum atomic E-state index is 13.1. The minimum Gasteiger partial charge on any atom is -0.337 e. The first kappa shape index (κ1) is 18.3. The van der Waals surface area contributed by atoms with Crippen molar-refractivity contribution in [3.63, 3.8) is 0 Å². The summed E-state index contributed by atoms with van der Waals surface area (Å²) in [6.07, 6.45) is 5.49. The Hall–Kier alpha value is -2.74. The van der Waals surface area contributed by atoms with Crippen LogP contribution in [-0.2, 0) is 11.3 Å². The van der Waals surface area contributed by atoms with Crippen LogP contribution in [0.25, 0.3) is 5.65 Å². The molecular formula is C21H26N6O2. The second-order valence-corrected chi connectivity index (χ2v) is 8.29. The zero-order valence-corrected chi connectivity index (χ0v) is 16.7. The lowest BCUT2D eigenvalue weighted by atomic mass is 9.88. The van der Waals surface area contributed by atoms with Crippen molar-refractivity contribution in [1.82, 2.24) is 24.5 Å². The molecule has 5 heterocycles. The monoisotopic (exact) mass is 394 g/mol. The van der Waals surface area contributed by atoms with Crippen LogP contribution < -0.4 is 5.32 Å². The minimum absolute atomic E-state index is 0.0225. The average Bonchev–Trinajstić information content (AvgIpc) is 3.43. The molecular weight excluding hydrogens is 368 g/mol. The molecule has 0 radical (unpaired) electrons. The molecule has 8 nitrogen and oxygen atoms in total. The number of rotatable bonds is 3. The number of hydrogen-bond donors (Lipinski definition) is 1. The fourth-order valence-electron chi connectivity index (χ4n) is 4.75. The van der Waals surface area contributed by atoms with Gasteiger partial charge in [-0.15, -0.1) is 0 Å². The number of amidine groups is 1. The van der Waals surface area contributed by atoms with Gasteiger partial charge in [-0.05, 0) is 44.7 Å². The van der Waals surface area contributed by atoms with E-state index >= 15 is 0 Å². The highest BCUT2D eigenvalue weighted by Gasteiger charge is 2.45. The molecule has 3 aliphatic rings. The van der Waals surface area contributed by atoms with Gasteiger partial charge in [-0.2, -0.15) is 0 Å². The second-order valence-electron chi connectivity index (χ2n) is 8.29. The number of aromatic nitrogens is 2. The number of aliphatic imine (C=N–C) groups is 1. The number of fused-ring (bicyclic) bond motifs is 1. The number of piperidine rings is 1. The third-order valence-corrected chi connectivity index (χ3v) is 6.38. The third-order valence-electron chi connectivity index (χ3n) is 6.38. The first-order valence-electron chi connectivity index (χ1n) is 10.4. The van der Waals surface area contributed by atoms with Crippen molar-refractivity contribution in [2.24, 2.45) is 4.99 Å². The molecule has 2 aromatic rings. The quantitative estimate of drug-likeness (QED) is 0.854. The van der Waals surface area contributed by atoms with Crippen molar-refractivity contribution in [3.8, 4) is 0 Å². The normalized spacial score (nSPS) is 21.8. The molecule has 0 atom stereocenters. The molecule has 0 unspecified atom stereocenters. The number of amides is 2. The Kier molecular flexibility index (Phi) is 4.38. The molecule has 2 fully saturated rings. The number of imidazole rings is 1. The molecule has 152 valence electrons. The summed E-state index contributed by atoms with van der Waals surface area (Å²) in [5.41, 5.74) is 1.69. The van der Waals surface area contributed by atoms with Crippen LogP contribution >= 0.6 is 0 Å². The van der Waals surface area contributed by atoms with Crippen molar-refractivity contribution >= 4 is 23.3 Å². The van der Waals surface area contributed by atoms with Gasteiger partial charge >= 0.3 is 0 Å². The Morgan fingerprint density at radius 1 is 1.17 bits per heavy atom. The molecule has 5 rings (SSSR count). The Labute approximate surface area is 169 Å². The summed E-state index contributed by atoms with van der Waals surface area (Å²) in [5.74, 6) is 0.767. The Balaban J connectivity index is 1.40. The minimum atomic E-state index is -0.603. The lowest BCUT2D eigenvalue weighted by molar-refractivity contribution is -0.125. The van der Waals surface area contributed by atoms with Crippen molar-refractivity contribution in [2.45, 2.75) is 44.7 Å². The topological polar surface area (TPSA) is 82.3 Å². The Morgan fingerprint density at radius 2 is 1.93 bits per heavy atom. The summed E-state index contributed by atoms with van der Waals surface area (Å²) >= 11 is 0. The summed E-state index contributed by atoms with van der Waals surface area (Å²) in [6.45, 7) is 5.63. The van der Waals surface area contributed by atoms with Crippen LogP contribution in [0.2, 0.25) is 0 Å². The van der Waals surface area contributed by atoms with Crippen LogP contribution in [0.1, 0.15) is 48.8 Å². The van der Waals surface area contributed by atoms with Crippen molar-refractivity contribution in [1.29, 1.82) is 0 Å². The van der Waals surface area contributed by atoms with Gasteiger partial charge in [0.2, 0.25) is 0 Å². The fourth-order valence-corrected chi connectivity index (χ4v) is 4.75. The molecule has 1 spiro atoms. The summed E-state index contributed by atoms with van der Waals surface area (Å²) in [5, 5.41) is 2.85. The maximum Gasteiger partial charge on any atom is 0.274 e. The highest BCUT2D eigenvalue weighted by atomic mass is 16.2. The van der Waals surface area contributed by atoms with E-state index in [-0.39, 0.29) is 11.8 Å². The van der Waals surface area contributed by atoms with Gasteiger partial charge in [0.15, 0.2) is 5.69 Å². The van der Waals surface area contributed by atoms with E-state index in [1.807, 2.05) is 40.6 Å². The molecule has 2 amide bonds. The van der Waals surface area contributed by atoms with E-state index in [2.05, 4.69) is 20.2 Å². The van der Waals surface area contributed by atoms with Crippen molar-refractivity contribution in [2.75, 3.05) is 26.2 Å². The van der Waals surface area contributed by atoms with Crippen LogP contribution in [-0.4, -0.2) is 68.6 Å². The highest BCUT2D eigenvalue weighted by molar-refractivity contribution is 6.07. The first-order valence-corrected chi connectivity index (χ1v) is 10.4. The van der Waals surface area contributed by atoms with E-state index in [1.165, 1.54) is 0 Å².